The molecule has 1 heterocycles. The highest BCUT2D eigenvalue weighted by Gasteiger charge is 2.21. The van der Waals surface area contributed by atoms with E-state index in [1.807, 2.05) is 6.07 Å². The third kappa shape index (κ3) is 3.90. The first kappa shape index (κ1) is 15.9. The van der Waals surface area contributed by atoms with E-state index in [-0.39, 0.29) is 12.4 Å². The molecule has 3 nitrogen and oxygen atoms in total. The second kappa shape index (κ2) is 7.41. The van der Waals surface area contributed by atoms with E-state index in [2.05, 4.69) is 17.3 Å². The van der Waals surface area contributed by atoms with Crippen molar-refractivity contribution in [3.63, 3.8) is 0 Å². The van der Waals surface area contributed by atoms with Crippen LogP contribution < -0.4 is 10.1 Å². The molecule has 1 aromatic rings. The highest BCUT2D eigenvalue weighted by Crippen LogP contribution is 2.32. The number of halogens is 3. The molecule has 1 fully saturated rings. The molecule has 0 radical (unpaired) electrons. The average Bonchev–Trinajstić information content (AvgIpc) is 2.20. The minimum absolute atomic E-state index is 0. The molecule has 2 rings (SSSR count). The molecule has 1 aromatic carbocycles. The van der Waals surface area contributed by atoms with E-state index < -0.39 is 0 Å². The van der Waals surface area contributed by atoms with Gasteiger partial charge in [-0.25, -0.2) is 0 Å². The van der Waals surface area contributed by atoms with E-state index in [0.717, 1.165) is 19.6 Å². The number of hydrogen-bond donors (Lipinski definition) is 1. The molecule has 1 aliphatic heterocycles. The van der Waals surface area contributed by atoms with Gasteiger partial charge in [0, 0.05) is 25.7 Å². The molecule has 18 heavy (non-hydrogen) atoms. The molecule has 1 aliphatic rings. The van der Waals surface area contributed by atoms with Crippen LogP contribution in [0.3, 0.4) is 0 Å². The Morgan fingerprint density at radius 2 is 1.94 bits per heavy atom. The van der Waals surface area contributed by atoms with Crippen molar-refractivity contribution in [1.82, 2.24) is 10.2 Å². The Labute approximate surface area is 124 Å². The smallest absolute Gasteiger partial charge is 0.156 e. The van der Waals surface area contributed by atoms with Crippen LogP contribution in [0.15, 0.2) is 18.2 Å². The first-order chi connectivity index (χ1) is 8.18. The van der Waals surface area contributed by atoms with E-state index in [0.29, 0.717) is 28.4 Å². The SMILES string of the molecule is CN(CCOc1c(Cl)cccc1Cl)C1CNC1.Cl. The summed E-state index contributed by atoms with van der Waals surface area (Å²) in [7, 11) is 2.10. The number of benzene rings is 1. The Balaban J connectivity index is 0.00000162. The van der Waals surface area contributed by atoms with Crippen LogP contribution in [0.1, 0.15) is 0 Å². The number of rotatable bonds is 5. The van der Waals surface area contributed by atoms with Crippen molar-refractivity contribution < 1.29 is 4.74 Å². The molecule has 0 spiro atoms. The van der Waals surface area contributed by atoms with Gasteiger partial charge in [-0.05, 0) is 19.2 Å². The second-order valence-corrected chi connectivity index (χ2v) is 5.01. The summed E-state index contributed by atoms with van der Waals surface area (Å²) in [6, 6.07) is 5.99. The predicted octanol–water partition coefficient (Wildman–Crippen LogP) is 2.70. The van der Waals surface area contributed by atoms with E-state index >= 15 is 0 Å². The minimum atomic E-state index is 0. The van der Waals surface area contributed by atoms with Crippen LogP contribution >= 0.6 is 35.6 Å². The number of nitrogens with one attached hydrogen (secondary N) is 1. The van der Waals surface area contributed by atoms with E-state index in [1.165, 1.54) is 0 Å². The van der Waals surface area contributed by atoms with Gasteiger partial charge < -0.3 is 10.1 Å². The van der Waals surface area contributed by atoms with Gasteiger partial charge in [-0.2, -0.15) is 0 Å². The van der Waals surface area contributed by atoms with Crippen molar-refractivity contribution in [1.29, 1.82) is 0 Å². The normalized spacial score (nSPS) is 15.1. The maximum atomic E-state index is 6.01. The molecule has 102 valence electrons. The third-order valence-electron chi connectivity index (χ3n) is 2.99. The molecule has 0 amide bonds. The van der Waals surface area contributed by atoms with Crippen LogP contribution in [0, 0.1) is 0 Å². The lowest BCUT2D eigenvalue weighted by atomic mass is 10.1. The Kier molecular flexibility index (Phi) is 6.53. The zero-order valence-electron chi connectivity index (χ0n) is 10.2. The highest BCUT2D eigenvalue weighted by molar-refractivity contribution is 6.37. The number of hydrogen-bond acceptors (Lipinski definition) is 3. The number of ether oxygens (including phenoxy) is 1. The molecular weight excluding hydrogens is 295 g/mol. The van der Waals surface area contributed by atoms with Gasteiger partial charge in [0.1, 0.15) is 6.61 Å². The van der Waals surface area contributed by atoms with Crippen LogP contribution in [-0.2, 0) is 0 Å². The molecule has 6 heteroatoms. The quantitative estimate of drug-likeness (QED) is 0.905. The Bertz CT molecular complexity index is 365. The van der Waals surface area contributed by atoms with Crippen LogP contribution in [0.5, 0.6) is 5.75 Å². The molecule has 0 bridgehead atoms. The predicted molar refractivity (Wildman–Crippen MR) is 78.5 cm³/mol. The maximum Gasteiger partial charge on any atom is 0.156 e. The third-order valence-corrected chi connectivity index (χ3v) is 3.59. The summed E-state index contributed by atoms with van der Waals surface area (Å²) in [4.78, 5) is 2.28. The van der Waals surface area contributed by atoms with Gasteiger partial charge >= 0.3 is 0 Å². The zero-order chi connectivity index (χ0) is 12.3. The largest absolute Gasteiger partial charge is 0.489 e. The molecule has 0 aromatic heterocycles. The highest BCUT2D eigenvalue weighted by atomic mass is 35.5. The second-order valence-electron chi connectivity index (χ2n) is 4.19. The van der Waals surface area contributed by atoms with Crippen molar-refractivity contribution in [3.8, 4) is 5.75 Å². The average molecular weight is 312 g/mol. The lowest BCUT2D eigenvalue weighted by molar-refractivity contribution is 0.151. The van der Waals surface area contributed by atoms with Crippen LogP contribution in [0.2, 0.25) is 10.0 Å². The standard InChI is InChI=1S/C12H16Cl2N2O.ClH/c1-16(9-7-15-8-9)5-6-17-12-10(13)3-2-4-11(12)14;/h2-4,9,15H,5-8H2,1H3;1H. The molecule has 0 unspecified atom stereocenters. The van der Waals surface area contributed by atoms with Crippen molar-refractivity contribution in [2.24, 2.45) is 0 Å². The summed E-state index contributed by atoms with van der Waals surface area (Å²) >= 11 is 12.0. The minimum Gasteiger partial charge on any atom is -0.489 e. The van der Waals surface area contributed by atoms with E-state index in [4.69, 9.17) is 27.9 Å². The summed E-state index contributed by atoms with van der Waals surface area (Å²) in [6.45, 7) is 3.58. The molecule has 0 aliphatic carbocycles. The molecule has 0 atom stereocenters. The van der Waals surface area contributed by atoms with Crippen molar-refractivity contribution >= 4 is 35.6 Å². The fourth-order valence-electron chi connectivity index (χ4n) is 1.68. The van der Waals surface area contributed by atoms with Gasteiger partial charge in [-0.15, -0.1) is 12.4 Å². The Morgan fingerprint density at radius 1 is 1.33 bits per heavy atom. The summed E-state index contributed by atoms with van der Waals surface area (Å²) in [5.74, 6) is 0.580. The monoisotopic (exact) mass is 310 g/mol. The first-order valence-electron chi connectivity index (χ1n) is 5.66. The van der Waals surface area contributed by atoms with Crippen molar-refractivity contribution in [2.45, 2.75) is 6.04 Å². The summed E-state index contributed by atoms with van der Waals surface area (Å²) in [6.07, 6.45) is 0. The van der Waals surface area contributed by atoms with Gasteiger partial charge in [0.15, 0.2) is 5.75 Å². The Hall–Kier alpha value is -0.190. The molecule has 0 saturated carbocycles. The first-order valence-corrected chi connectivity index (χ1v) is 6.42. The van der Waals surface area contributed by atoms with Crippen LogP contribution in [0.4, 0.5) is 0 Å². The number of nitrogens with zero attached hydrogens (tertiary/aromatic N) is 1. The number of likely N-dealkylation sites (N-methyl/N-ethyl adjacent to an activating group) is 1. The number of para-hydroxylation sites is 1. The van der Waals surface area contributed by atoms with Gasteiger partial charge in [0.25, 0.3) is 0 Å². The van der Waals surface area contributed by atoms with Crippen molar-refractivity contribution in [3.05, 3.63) is 28.2 Å². The molecular formula is C12H17Cl3N2O. The van der Waals surface area contributed by atoms with Crippen molar-refractivity contribution in [2.75, 3.05) is 33.3 Å². The molecule has 1 N–H and O–H groups in total. The van der Waals surface area contributed by atoms with Crippen LogP contribution in [-0.4, -0.2) is 44.2 Å². The summed E-state index contributed by atoms with van der Waals surface area (Å²) in [5, 5.41) is 4.36. The lowest BCUT2D eigenvalue weighted by Crippen LogP contribution is -2.56. The topological polar surface area (TPSA) is 24.5 Å². The van der Waals surface area contributed by atoms with Gasteiger partial charge in [0.2, 0.25) is 0 Å². The van der Waals surface area contributed by atoms with Gasteiger partial charge in [-0.1, -0.05) is 29.3 Å². The maximum absolute atomic E-state index is 6.01. The summed E-state index contributed by atoms with van der Waals surface area (Å²) < 4.78 is 5.63. The van der Waals surface area contributed by atoms with E-state index in [9.17, 15) is 0 Å². The van der Waals surface area contributed by atoms with Gasteiger partial charge in [0.05, 0.1) is 10.0 Å². The van der Waals surface area contributed by atoms with E-state index in [1.54, 1.807) is 12.1 Å². The fraction of sp³-hybridized carbons (Fsp3) is 0.500. The zero-order valence-corrected chi connectivity index (χ0v) is 12.5. The van der Waals surface area contributed by atoms with Crippen LogP contribution in [0.25, 0.3) is 0 Å². The molecule has 1 saturated heterocycles. The lowest BCUT2D eigenvalue weighted by Gasteiger charge is -2.35. The fourth-order valence-corrected chi connectivity index (χ4v) is 2.19. The van der Waals surface area contributed by atoms with Gasteiger partial charge in [-0.3, -0.25) is 4.90 Å². The summed E-state index contributed by atoms with van der Waals surface area (Å²) in [5.41, 5.74) is 0. The Morgan fingerprint density at radius 3 is 2.44 bits per heavy atom.